The van der Waals surface area contributed by atoms with Gasteiger partial charge in [-0.2, -0.15) is 0 Å². The van der Waals surface area contributed by atoms with E-state index in [-0.39, 0.29) is 12.5 Å². The zero-order valence-corrected chi connectivity index (χ0v) is 10.9. The minimum atomic E-state index is 0.0263. The van der Waals surface area contributed by atoms with E-state index < -0.39 is 0 Å². The zero-order chi connectivity index (χ0) is 13.5. The molecule has 1 heterocycles. The molecule has 0 saturated heterocycles. The third kappa shape index (κ3) is 4.06. The van der Waals surface area contributed by atoms with Gasteiger partial charge in [-0.1, -0.05) is 12.1 Å². The van der Waals surface area contributed by atoms with Crippen molar-refractivity contribution in [2.75, 3.05) is 13.2 Å². The summed E-state index contributed by atoms with van der Waals surface area (Å²) < 4.78 is 0. The molecule has 5 nitrogen and oxygen atoms in total. The number of fused-ring (bicyclic) bond motifs is 1. The number of aromatic amines is 1. The van der Waals surface area contributed by atoms with Crippen molar-refractivity contribution in [1.29, 1.82) is 0 Å². The van der Waals surface area contributed by atoms with Gasteiger partial charge in [-0.3, -0.25) is 4.79 Å². The van der Waals surface area contributed by atoms with Gasteiger partial charge in [0.2, 0.25) is 5.91 Å². The van der Waals surface area contributed by atoms with Gasteiger partial charge in [0.15, 0.2) is 0 Å². The molecule has 0 bridgehead atoms. The van der Waals surface area contributed by atoms with Crippen molar-refractivity contribution in [3.8, 4) is 0 Å². The Balaban J connectivity index is 1.77. The number of hydrogen-bond acceptors (Lipinski definition) is 3. The highest BCUT2D eigenvalue weighted by Gasteiger charge is 2.05. The molecule has 1 aromatic heterocycles. The van der Waals surface area contributed by atoms with Crippen LogP contribution in [0.15, 0.2) is 24.3 Å². The number of hydrogen-bond donors (Lipinski definition) is 3. The Morgan fingerprint density at radius 3 is 2.95 bits per heavy atom. The fourth-order valence-corrected chi connectivity index (χ4v) is 1.91. The highest BCUT2D eigenvalue weighted by molar-refractivity contribution is 5.77. The Hall–Kier alpha value is -1.88. The topological polar surface area (TPSA) is 78.0 Å². The fraction of sp³-hybridized carbons (Fsp3) is 0.429. The van der Waals surface area contributed by atoms with Crippen LogP contribution in [0.1, 0.15) is 25.1 Å². The number of para-hydroxylation sites is 2. The molecule has 0 aliphatic heterocycles. The first-order valence-corrected chi connectivity index (χ1v) is 6.61. The maximum Gasteiger partial charge on any atom is 0.220 e. The molecule has 0 aliphatic rings. The van der Waals surface area contributed by atoms with Crippen LogP contribution in [0.3, 0.4) is 0 Å². The van der Waals surface area contributed by atoms with E-state index in [1.807, 2.05) is 24.3 Å². The normalized spacial score (nSPS) is 10.8. The van der Waals surface area contributed by atoms with Gasteiger partial charge in [0.25, 0.3) is 0 Å². The third-order valence-corrected chi connectivity index (χ3v) is 2.93. The second kappa shape index (κ2) is 6.89. The molecule has 0 fully saturated rings. The summed E-state index contributed by atoms with van der Waals surface area (Å²) in [5.41, 5.74) is 1.93. The molecule has 102 valence electrons. The largest absolute Gasteiger partial charge is 0.396 e. The van der Waals surface area contributed by atoms with Crippen molar-refractivity contribution in [2.45, 2.75) is 25.7 Å². The Bertz CT molecular complexity index is 503. The van der Waals surface area contributed by atoms with Crippen molar-refractivity contribution in [2.24, 2.45) is 0 Å². The molecule has 5 heteroatoms. The highest BCUT2D eigenvalue weighted by atomic mass is 16.2. The number of aryl methyl sites for hydroxylation is 1. The van der Waals surface area contributed by atoms with E-state index in [1.54, 1.807) is 0 Å². The van der Waals surface area contributed by atoms with Crippen LogP contribution in [0.25, 0.3) is 11.0 Å². The molecule has 0 spiro atoms. The monoisotopic (exact) mass is 261 g/mol. The molecular weight excluding hydrogens is 242 g/mol. The van der Waals surface area contributed by atoms with E-state index in [0.717, 1.165) is 29.7 Å². The number of aromatic nitrogens is 2. The van der Waals surface area contributed by atoms with Crippen LogP contribution in [-0.2, 0) is 11.2 Å². The molecule has 0 aliphatic carbocycles. The second-order valence-electron chi connectivity index (χ2n) is 4.48. The fourth-order valence-electron chi connectivity index (χ4n) is 1.91. The number of benzene rings is 1. The number of carbonyl (C=O) groups is 1. The minimum absolute atomic E-state index is 0.0263. The van der Waals surface area contributed by atoms with Crippen LogP contribution in [0, 0.1) is 0 Å². The minimum Gasteiger partial charge on any atom is -0.396 e. The summed E-state index contributed by atoms with van der Waals surface area (Å²) in [6.07, 6.45) is 2.58. The summed E-state index contributed by atoms with van der Waals surface area (Å²) in [4.78, 5) is 19.2. The SMILES string of the molecule is O=C(CCc1nc2ccccc2[nH]1)NCCCCO. The van der Waals surface area contributed by atoms with Crippen LogP contribution in [0.5, 0.6) is 0 Å². The Morgan fingerprint density at radius 1 is 1.32 bits per heavy atom. The summed E-state index contributed by atoms with van der Waals surface area (Å²) >= 11 is 0. The third-order valence-electron chi connectivity index (χ3n) is 2.93. The number of unbranched alkanes of at least 4 members (excludes halogenated alkanes) is 1. The van der Waals surface area contributed by atoms with Gasteiger partial charge in [-0.15, -0.1) is 0 Å². The number of H-pyrrole nitrogens is 1. The number of carbonyl (C=O) groups excluding carboxylic acids is 1. The predicted molar refractivity (Wildman–Crippen MR) is 73.7 cm³/mol. The van der Waals surface area contributed by atoms with E-state index in [0.29, 0.717) is 19.4 Å². The number of nitrogens with one attached hydrogen (secondary N) is 2. The van der Waals surface area contributed by atoms with Gasteiger partial charge in [0, 0.05) is 26.0 Å². The average Bonchev–Trinajstić information content (AvgIpc) is 2.84. The van der Waals surface area contributed by atoms with Gasteiger partial charge in [-0.25, -0.2) is 4.98 Å². The average molecular weight is 261 g/mol. The van der Waals surface area contributed by atoms with Gasteiger partial charge >= 0.3 is 0 Å². The van der Waals surface area contributed by atoms with Crippen molar-refractivity contribution in [3.05, 3.63) is 30.1 Å². The quantitative estimate of drug-likeness (QED) is 0.659. The Kier molecular flexibility index (Phi) is 4.92. The van der Waals surface area contributed by atoms with Crippen molar-refractivity contribution in [1.82, 2.24) is 15.3 Å². The first-order chi connectivity index (χ1) is 9.29. The van der Waals surface area contributed by atoms with Crippen LogP contribution in [-0.4, -0.2) is 34.1 Å². The van der Waals surface area contributed by atoms with E-state index >= 15 is 0 Å². The van der Waals surface area contributed by atoms with Gasteiger partial charge < -0.3 is 15.4 Å². The van der Waals surface area contributed by atoms with E-state index in [9.17, 15) is 4.79 Å². The molecule has 0 radical (unpaired) electrons. The van der Waals surface area contributed by atoms with Gasteiger partial charge in [0.05, 0.1) is 11.0 Å². The molecule has 0 unspecified atom stereocenters. The van der Waals surface area contributed by atoms with Crippen LogP contribution in [0.2, 0.25) is 0 Å². The number of rotatable bonds is 7. The van der Waals surface area contributed by atoms with Crippen molar-refractivity contribution in [3.63, 3.8) is 0 Å². The molecular formula is C14H19N3O2. The van der Waals surface area contributed by atoms with E-state index in [2.05, 4.69) is 15.3 Å². The molecule has 19 heavy (non-hydrogen) atoms. The lowest BCUT2D eigenvalue weighted by Gasteiger charge is -2.03. The lowest BCUT2D eigenvalue weighted by atomic mass is 10.2. The molecule has 1 amide bonds. The van der Waals surface area contributed by atoms with Crippen molar-refractivity contribution < 1.29 is 9.90 Å². The predicted octanol–water partition coefficient (Wildman–Crippen LogP) is 1.38. The summed E-state index contributed by atoms with van der Waals surface area (Å²) in [5.74, 6) is 0.866. The first-order valence-electron chi connectivity index (χ1n) is 6.61. The zero-order valence-electron chi connectivity index (χ0n) is 10.9. The highest BCUT2D eigenvalue weighted by Crippen LogP contribution is 2.11. The summed E-state index contributed by atoms with van der Waals surface area (Å²) in [7, 11) is 0. The van der Waals surface area contributed by atoms with Gasteiger partial charge in [0.1, 0.15) is 5.82 Å². The van der Waals surface area contributed by atoms with E-state index in [4.69, 9.17) is 5.11 Å². The standard InChI is InChI=1S/C14H19N3O2/c18-10-4-3-9-15-14(19)8-7-13-16-11-5-1-2-6-12(11)17-13/h1-2,5-6,18H,3-4,7-10H2,(H,15,19)(H,16,17). The number of imidazole rings is 1. The summed E-state index contributed by atoms with van der Waals surface area (Å²) in [5, 5.41) is 11.5. The van der Waals surface area contributed by atoms with Crippen LogP contribution >= 0.6 is 0 Å². The molecule has 2 aromatic rings. The lowest BCUT2D eigenvalue weighted by molar-refractivity contribution is -0.121. The van der Waals surface area contributed by atoms with Crippen molar-refractivity contribution >= 4 is 16.9 Å². The summed E-state index contributed by atoms with van der Waals surface area (Å²) in [6, 6.07) is 7.82. The Morgan fingerprint density at radius 2 is 2.16 bits per heavy atom. The second-order valence-corrected chi connectivity index (χ2v) is 4.48. The number of nitrogens with zero attached hydrogens (tertiary/aromatic N) is 1. The molecule has 0 atom stereocenters. The van der Waals surface area contributed by atoms with E-state index in [1.165, 1.54) is 0 Å². The first kappa shape index (κ1) is 13.5. The molecule has 0 saturated carbocycles. The maximum absolute atomic E-state index is 11.6. The van der Waals surface area contributed by atoms with Crippen LogP contribution in [0.4, 0.5) is 0 Å². The molecule has 1 aromatic carbocycles. The number of aliphatic hydroxyl groups excluding tert-OH is 1. The Labute approximate surface area is 112 Å². The lowest BCUT2D eigenvalue weighted by Crippen LogP contribution is -2.24. The maximum atomic E-state index is 11.6. The summed E-state index contributed by atoms with van der Waals surface area (Å²) in [6.45, 7) is 0.800. The number of amides is 1. The smallest absolute Gasteiger partial charge is 0.220 e. The van der Waals surface area contributed by atoms with Gasteiger partial charge in [-0.05, 0) is 25.0 Å². The number of aliphatic hydroxyl groups is 1. The molecule has 2 rings (SSSR count). The molecule has 3 N–H and O–H groups in total. The van der Waals surface area contributed by atoms with Crippen LogP contribution < -0.4 is 5.32 Å².